The minimum Gasteiger partial charge on any atom is -0.461 e. The lowest BCUT2D eigenvalue weighted by Gasteiger charge is -2.07. The maximum Gasteiger partial charge on any atom is 0.229 e. The summed E-state index contributed by atoms with van der Waals surface area (Å²) in [5.41, 5.74) is 2.98. The fourth-order valence-electron chi connectivity index (χ4n) is 2.21. The van der Waals surface area contributed by atoms with Crippen molar-refractivity contribution in [2.24, 2.45) is 0 Å². The fraction of sp³-hybridized carbons (Fsp3) is 0.0714. The molecule has 0 saturated heterocycles. The molecule has 0 fully saturated rings. The number of aromatic nitrogens is 2. The normalized spacial score (nSPS) is 17.2. The van der Waals surface area contributed by atoms with Gasteiger partial charge in [0, 0.05) is 0 Å². The van der Waals surface area contributed by atoms with Crippen LogP contribution in [0.15, 0.2) is 48.5 Å². The Morgan fingerprint density at radius 1 is 1.00 bits per heavy atom. The number of fused-ring (bicyclic) bond motifs is 2. The van der Waals surface area contributed by atoms with Crippen molar-refractivity contribution in [3.63, 3.8) is 0 Å². The lowest BCUT2D eigenvalue weighted by Crippen LogP contribution is -2.11. The number of imidazole rings is 1. The second-order valence-corrected chi connectivity index (χ2v) is 4.28. The molecular weight excluding hydrogens is 226 g/mol. The first kappa shape index (κ1) is 9.53. The zero-order chi connectivity index (χ0) is 11.9. The van der Waals surface area contributed by atoms with E-state index in [4.69, 9.17) is 4.74 Å². The minimum atomic E-state index is -0.241. The number of H-pyrrole nitrogens is 1. The standard InChI is InChI=1S/C14H11N3O/c1-2-6-10-9(5-1)15-13(16-10)14-17-11-7-3-4-8-12(11)18-14/h1-8,14,17H,(H,15,16). The smallest absolute Gasteiger partial charge is 0.229 e. The highest BCUT2D eigenvalue weighted by atomic mass is 16.5. The minimum absolute atomic E-state index is 0.241. The first-order valence-electron chi connectivity index (χ1n) is 5.87. The molecule has 0 radical (unpaired) electrons. The van der Waals surface area contributed by atoms with Gasteiger partial charge < -0.3 is 15.0 Å². The predicted octanol–water partition coefficient (Wildman–Crippen LogP) is 3.07. The quantitative estimate of drug-likeness (QED) is 0.683. The first-order chi connectivity index (χ1) is 8.90. The third kappa shape index (κ3) is 1.35. The third-order valence-electron chi connectivity index (χ3n) is 3.07. The molecule has 2 heterocycles. The number of hydrogen-bond acceptors (Lipinski definition) is 3. The van der Waals surface area contributed by atoms with Crippen LogP contribution in [0.5, 0.6) is 5.75 Å². The van der Waals surface area contributed by atoms with Crippen LogP contribution < -0.4 is 10.1 Å². The van der Waals surface area contributed by atoms with E-state index in [9.17, 15) is 0 Å². The average Bonchev–Trinajstić information content (AvgIpc) is 3.02. The van der Waals surface area contributed by atoms with E-state index in [1.54, 1.807) is 0 Å². The molecule has 4 nitrogen and oxygen atoms in total. The SMILES string of the molecule is c1ccc2c(c1)NC(c1nc3ccccc3[nH]1)O2. The molecule has 3 aromatic rings. The Balaban J connectivity index is 1.73. The van der Waals surface area contributed by atoms with Gasteiger partial charge >= 0.3 is 0 Å². The van der Waals surface area contributed by atoms with Crippen LogP contribution in [0.2, 0.25) is 0 Å². The Morgan fingerprint density at radius 2 is 1.83 bits per heavy atom. The molecule has 1 unspecified atom stereocenters. The first-order valence-corrected chi connectivity index (χ1v) is 5.87. The topological polar surface area (TPSA) is 49.9 Å². The highest BCUT2D eigenvalue weighted by molar-refractivity contribution is 5.75. The van der Waals surface area contributed by atoms with Gasteiger partial charge in [0.15, 0.2) is 5.82 Å². The lowest BCUT2D eigenvalue weighted by molar-refractivity contribution is 0.250. The average molecular weight is 237 g/mol. The van der Waals surface area contributed by atoms with Crippen molar-refractivity contribution in [2.45, 2.75) is 6.23 Å². The number of nitrogens with one attached hydrogen (secondary N) is 2. The van der Waals surface area contributed by atoms with Gasteiger partial charge in [-0.15, -0.1) is 0 Å². The summed E-state index contributed by atoms with van der Waals surface area (Å²) < 4.78 is 5.82. The molecule has 1 aromatic heterocycles. The summed E-state index contributed by atoms with van der Waals surface area (Å²) in [7, 11) is 0. The van der Waals surface area contributed by atoms with E-state index < -0.39 is 0 Å². The highest BCUT2D eigenvalue weighted by Gasteiger charge is 2.25. The summed E-state index contributed by atoms with van der Waals surface area (Å²) in [6, 6.07) is 15.8. The van der Waals surface area contributed by atoms with Crippen LogP contribution >= 0.6 is 0 Å². The number of benzene rings is 2. The molecule has 18 heavy (non-hydrogen) atoms. The molecule has 2 N–H and O–H groups in total. The van der Waals surface area contributed by atoms with E-state index >= 15 is 0 Å². The Morgan fingerprint density at radius 3 is 2.72 bits per heavy atom. The van der Waals surface area contributed by atoms with Crippen LogP contribution in [0.3, 0.4) is 0 Å². The predicted molar refractivity (Wildman–Crippen MR) is 69.5 cm³/mol. The van der Waals surface area contributed by atoms with E-state index in [0.717, 1.165) is 28.3 Å². The lowest BCUT2D eigenvalue weighted by atomic mass is 10.3. The number of anilines is 1. The Bertz CT molecular complexity index is 662. The van der Waals surface area contributed by atoms with Gasteiger partial charge in [0.05, 0.1) is 16.7 Å². The summed E-state index contributed by atoms with van der Waals surface area (Å²) in [6.45, 7) is 0. The number of para-hydroxylation sites is 4. The van der Waals surface area contributed by atoms with Gasteiger partial charge in [-0.2, -0.15) is 0 Å². The molecule has 0 aliphatic carbocycles. The Labute approximate surface area is 104 Å². The number of nitrogens with zero attached hydrogens (tertiary/aromatic N) is 1. The van der Waals surface area contributed by atoms with Crippen molar-refractivity contribution in [3.05, 3.63) is 54.4 Å². The number of aromatic amines is 1. The van der Waals surface area contributed by atoms with Crippen molar-refractivity contribution < 1.29 is 4.74 Å². The molecule has 0 spiro atoms. The molecular formula is C14H11N3O. The zero-order valence-corrected chi connectivity index (χ0v) is 9.55. The van der Waals surface area contributed by atoms with Crippen molar-refractivity contribution in [2.75, 3.05) is 5.32 Å². The van der Waals surface area contributed by atoms with E-state index in [2.05, 4.69) is 15.3 Å². The van der Waals surface area contributed by atoms with E-state index in [1.165, 1.54) is 0 Å². The maximum absolute atomic E-state index is 5.82. The maximum atomic E-state index is 5.82. The fourth-order valence-corrected chi connectivity index (χ4v) is 2.21. The van der Waals surface area contributed by atoms with Crippen molar-refractivity contribution in [1.82, 2.24) is 9.97 Å². The van der Waals surface area contributed by atoms with Crippen LogP contribution in [-0.2, 0) is 0 Å². The number of ether oxygens (including phenoxy) is 1. The van der Waals surface area contributed by atoms with Crippen LogP contribution in [0.1, 0.15) is 12.1 Å². The molecule has 0 saturated carbocycles. The highest BCUT2D eigenvalue weighted by Crippen LogP contribution is 2.36. The molecule has 2 aromatic carbocycles. The Hall–Kier alpha value is -2.49. The van der Waals surface area contributed by atoms with Crippen molar-refractivity contribution >= 4 is 16.7 Å². The van der Waals surface area contributed by atoms with Gasteiger partial charge in [0.1, 0.15) is 5.75 Å². The van der Waals surface area contributed by atoms with Crippen LogP contribution in [0.4, 0.5) is 5.69 Å². The second-order valence-electron chi connectivity index (χ2n) is 4.28. The van der Waals surface area contributed by atoms with Crippen LogP contribution in [0, 0.1) is 0 Å². The summed E-state index contributed by atoms with van der Waals surface area (Å²) in [5.74, 6) is 1.66. The van der Waals surface area contributed by atoms with Gasteiger partial charge in [-0.1, -0.05) is 24.3 Å². The summed E-state index contributed by atoms with van der Waals surface area (Å²) in [4.78, 5) is 7.81. The summed E-state index contributed by atoms with van der Waals surface area (Å²) >= 11 is 0. The van der Waals surface area contributed by atoms with Gasteiger partial charge in [-0.25, -0.2) is 4.98 Å². The molecule has 1 aliphatic heterocycles. The van der Waals surface area contributed by atoms with E-state index in [-0.39, 0.29) is 6.23 Å². The van der Waals surface area contributed by atoms with Crippen molar-refractivity contribution in [1.29, 1.82) is 0 Å². The second kappa shape index (κ2) is 3.50. The largest absolute Gasteiger partial charge is 0.461 e. The molecule has 0 amide bonds. The van der Waals surface area contributed by atoms with Crippen LogP contribution in [0.25, 0.3) is 11.0 Å². The molecule has 1 aliphatic rings. The zero-order valence-electron chi connectivity index (χ0n) is 9.55. The molecule has 88 valence electrons. The van der Waals surface area contributed by atoms with Gasteiger partial charge in [0.25, 0.3) is 0 Å². The van der Waals surface area contributed by atoms with Crippen molar-refractivity contribution in [3.8, 4) is 5.75 Å². The summed E-state index contributed by atoms with van der Waals surface area (Å²) in [6.07, 6.45) is -0.241. The molecule has 4 rings (SSSR count). The van der Waals surface area contributed by atoms with E-state index in [1.807, 2.05) is 48.5 Å². The third-order valence-corrected chi connectivity index (χ3v) is 3.07. The molecule has 4 heteroatoms. The van der Waals surface area contributed by atoms with Gasteiger partial charge in [-0.05, 0) is 24.3 Å². The van der Waals surface area contributed by atoms with Gasteiger partial charge in [-0.3, -0.25) is 0 Å². The number of hydrogen-bond donors (Lipinski definition) is 2. The number of rotatable bonds is 1. The van der Waals surface area contributed by atoms with Crippen LogP contribution in [-0.4, -0.2) is 9.97 Å². The Kier molecular flexibility index (Phi) is 1.85. The summed E-state index contributed by atoms with van der Waals surface area (Å²) in [5, 5.41) is 3.30. The monoisotopic (exact) mass is 237 g/mol. The molecule has 0 bridgehead atoms. The van der Waals surface area contributed by atoms with E-state index in [0.29, 0.717) is 0 Å². The van der Waals surface area contributed by atoms with Gasteiger partial charge in [0.2, 0.25) is 6.23 Å². The molecule has 1 atom stereocenters.